The fourth-order valence-corrected chi connectivity index (χ4v) is 4.31. The first-order valence-corrected chi connectivity index (χ1v) is 11.0. The molecule has 4 rings (SSSR count). The normalized spacial score (nSPS) is 15.8. The lowest BCUT2D eigenvalue weighted by atomic mass is 10.1. The van der Waals surface area contributed by atoms with Crippen molar-refractivity contribution in [2.75, 3.05) is 19.8 Å². The van der Waals surface area contributed by atoms with Gasteiger partial charge in [-0.05, 0) is 55.3 Å². The first-order chi connectivity index (χ1) is 14.7. The summed E-state index contributed by atoms with van der Waals surface area (Å²) >= 11 is 1.52. The number of carbonyl (C=O) groups excluding carboxylic acids is 1. The van der Waals surface area contributed by atoms with E-state index in [0.29, 0.717) is 25.6 Å². The standard InChI is InChI=1S/C24H26N2O3S/c1-18-8-9-23(30-18)24(27)26(15-21-6-2-3-11-25-21)14-19-5-4-7-22(13-19)29-17-20-10-12-28-16-20/h2-9,11,13,20H,10,12,14-17H2,1H3. The number of rotatable bonds is 8. The lowest BCUT2D eigenvalue weighted by Gasteiger charge is -2.22. The Morgan fingerprint density at radius 3 is 2.87 bits per heavy atom. The van der Waals surface area contributed by atoms with Gasteiger partial charge in [0.15, 0.2) is 0 Å². The van der Waals surface area contributed by atoms with Crippen LogP contribution in [0.15, 0.2) is 60.8 Å². The van der Waals surface area contributed by atoms with Gasteiger partial charge < -0.3 is 14.4 Å². The number of hydrogen-bond donors (Lipinski definition) is 0. The van der Waals surface area contributed by atoms with Gasteiger partial charge in [-0.2, -0.15) is 0 Å². The zero-order chi connectivity index (χ0) is 20.8. The molecule has 1 aliphatic heterocycles. The summed E-state index contributed by atoms with van der Waals surface area (Å²) in [5.41, 5.74) is 1.90. The van der Waals surface area contributed by atoms with Crippen LogP contribution in [0.3, 0.4) is 0 Å². The molecule has 1 atom stereocenters. The number of benzene rings is 1. The van der Waals surface area contributed by atoms with Crippen LogP contribution >= 0.6 is 11.3 Å². The van der Waals surface area contributed by atoms with Crippen molar-refractivity contribution in [1.82, 2.24) is 9.88 Å². The van der Waals surface area contributed by atoms with E-state index in [1.807, 2.05) is 66.4 Å². The molecule has 6 heteroatoms. The van der Waals surface area contributed by atoms with Gasteiger partial charge in [-0.3, -0.25) is 9.78 Å². The zero-order valence-electron chi connectivity index (χ0n) is 17.1. The number of hydrogen-bond acceptors (Lipinski definition) is 5. The third-order valence-corrected chi connectivity index (χ3v) is 6.09. The summed E-state index contributed by atoms with van der Waals surface area (Å²) in [6.07, 6.45) is 2.81. The third-order valence-electron chi connectivity index (χ3n) is 5.10. The van der Waals surface area contributed by atoms with E-state index in [9.17, 15) is 4.79 Å². The molecule has 3 aromatic rings. The monoisotopic (exact) mass is 422 g/mol. The van der Waals surface area contributed by atoms with E-state index < -0.39 is 0 Å². The number of pyridine rings is 1. The summed E-state index contributed by atoms with van der Waals surface area (Å²) in [7, 11) is 0. The molecule has 0 spiro atoms. The van der Waals surface area contributed by atoms with Crippen molar-refractivity contribution >= 4 is 17.2 Å². The molecule has 1 saturated heterocycles. The summed E-state index contributed by atoms with van der Waals surface area (Å²) in [6, 6.07) is 17.7. The van der Waals surface area contributed by atoms with Gasteiger partial charge in [-0.1, -0.05) is 18.2 Å². The van der Waals surface area contributed by atoms with Gasteiger partial charge >= 0.3 is 0 Å². The molecule has 1 amide bonds. The molecule has 1 fully saturated rings. The number of carbonyl (C=O) groups is 1. The number of thiophene rings is 1. The van der Waals surface area contributed by atoms with Crippen LogP contribution in [0, 0.1) is 12.8 Å². The maximum absolute atomic E-state index is 13.2. The molecular formula is C24H26N2O3S. The lowest BCUT2D eigenvalue weighted by Crippen LogP contribution is -2.30. The van der Waals surface area contributed by atoms with Crippen molar-refractivity contribution in [3.05, 3.63) is 81.8 Å². The van der Waals surface area contributed by atoms with Gasteiger partial charge in [0.2, 0.25) is 0 Å². The molecule has 156 valence electrons. The number of aromatic nitrogens is 1. The third kappa shape index (κ3) is 5.46. The number of amides is 1. The molecule has 2 aromatic heterocycles. The topological polar surface area (TPSA) is 51.7 Å². The van der Waals surface area contributed by atoms with Crippen molar-refractivity contribution in [3.8, 4) is 5.75 Å². The maximum Gasteiger partial charge on any atom is 0.264 e. The molecule has 1 unspecified atom stereocenters. The average molecular weight is 423 g/mol. The van der Waals surface area contributed by atoms with Crippen LogP contribution in [0.5, 0.6) is 5.75 Å². The van der Waals surface area contributed by atoms with E-state index in [4.69, 9.17) is 9.47 Å². The number of aryl methyl sites for hydroxylation is 1. The Kier molecular flexibility index (Phi) is 6.77. The highest BCUT2D eigenvalue weighted by Gasteiger charge is 2.20. The zero-order valence-corrected chi connectivity index (χ0v) is 17.9. The van der Waals surface area contributed by atoms with Crippen molar-refractivity contribution in [2.45, 2.75) is 26.4 Å². The Labute approximate surface area is 181 Å². The van der Waals surface area contributed by atoms with E-state index in [1.54, 1.807) is 6.20 Å². The van der Waals surface area contributed by atoms with E-state index >= 15 is 0 Å². The Balaban J connectivity index is 1.49. The van der Waals surface area contributed by atoms with Crippen LogP contribution in [0.4, 0.5) is 0 Å². The van der Waals surface area contributed by atoms with Gasteiger partial charge in [-0.15, -0.1) is 11.3 Å². The second kappa shape index (κ2) is 9.87. The highest BCUT2D eigenvalue weighted by molar-refractivity contribution is 7.13. The van der Waals surface area contributed by atoms with Crippen molar-refractivity contribution in [1.29, 1.82) is 0 Å². The summed E-state index contributed by atoms with van der Waals surface area (Å²) in [5, 5.41) is 0. The molecule has 1 aromatic carbocycles. The van der Waals surface area contributed by atoms with Crippen molar-refractivity contribution < 1.29 is 14.3 Å². The second-order valence-corrected chi connectivity index (χ2v) is 8.87. The summed E-state index contributed by atoms with van der Waals surface area (Å²) < 4.78 is 11.4. The van der Waals surface area contributed by atoms with Gasteiger partial charge in [0.05, 0.1) is 30.3 Å². The fourth-order valence-electron chi connectivity index (χ4n) is 3.47. The predicted molar refractivity (Wildman–Crippen MR) is 118 cm³/mol. The fraction of sp³-hybridized carbons (Fsp3) is 0.333. The first-order valence-electron chi connectivity index (χ1n) is 10.2. The highest BCUT2D eigenvalue weighted by atomic mass is 32.1. The SMILES string of the molecule is Cc1ccc(C(=O)N(Cc2cccc(OCC3CCOC3)c2)Cc2ccccn2)s1. The minimum atomic E-state index is 0.0215. The molecule has 3 heterocycles. The number of ether oxygens (including phenoxy) is 2. The van der Waals surface area contributed by atoms with Crippen LogP contribution in [0.1, 0.15) is 32.2 Å². The molecule has 1 aliphatic rings. The molecule has 0 saturated carbocycles. The largest absolute Gasteiger partial charge is 0.493 e. The molecule has 0 aliphatic carbocycles. The van der Waals surface area contributed by atoms with Gasteiger partial charge in [-0.25, -0.2) is 0 Å². The smallest absolute Gasteiger partial charge is 0.264 e. The van der Waals surface area contributed by atoms with Crippen LogP contribution in [0.2, 0.25) is 0 Å². The Morgan fingerprint density at radius 1 is 1.20 bits per heavy atom. The van der Waals surface area contributed by atoms with E-state index in [0.717, 1.165) is 46.4 Å². The quantitative estimate of drug-likeness (QED) is 0.528. The lowest BCUT2D eigenvalue weighted by molar-refractivity contribution is 0.0732. The minimum absolute atomic E-state index is 0.0215. The summed E-state index contributed by atoms with van der Waals surface area (Å²) in [5.74, 6) is 1.31. The highest BCUT2D eigenvalue weighted by Crippen LogP contribution is 2.22. The predicted octanol–water partition coefficient (Wildman–Crippen LogP) is 4.71. The average Bonchev–Trinajstić information content (AvgIpc) is 3.44. The molecule has 0 bridgehead atoms. The van der Waals surface area contributed by atoms with Gasteiger partial charge in [0.25, 0.3) is 5.91 Å². The van der Waals surface area contributed by atoms with Gasteiger partial charge in [0, 0.05) is 30.1 Å². The second-order valence-electron chi connectivity index (χ2n) is 7.58. The van der Waals surface area contributed by atoms with Crippen molar-refractivity contribution in [3.63, 3.8) is 0 Å². The first kappa shape index (κ1) is 20.6. The molecule has 0 radical (unpaired) electrons. The van der Waals surface area contributed by atoms with Crippen LogP contribution in [-0.4, -0.2) is 35.6 Å². The summed E-state index contributed by atoms with van der Waals surface area (Å²) in [4.78, 5) is 21.3. The number of nitrogens with zero attached hydrogens (tertiary/aromatic N) is 2. The van der Waals surface area contributed by atoms with Gasteiger partial charge in [0.1, 0.15) is 5.75 Å². The summed E-state index contributed by atoms with van der Waals surface area (Å²) in [6.45, 7) is 5.22. The Hall–Kier alpha value is -2.70. The van der Waals surface area contributed by atoms with Crippen LogP contribution < -0.4 is 4.74 Å². The van der Waals surface area contributed by atoms with Crippen molar-refractivity contribution in [2.24, 2.45) is 5.92 Å². The van der Waals surface area contributed by atoms with E-state index in [2.05, 4.69) is 4.98 Å². The molecular weight excluding hydrogens is 396 g/mol. The van der Waals surface area contributed by atoms with Crippen LogP contribution in [0.25, 0.3) is 0 Å². The molecule has 30 heavy (non-hydrogen) atoms. The Morgan fingerprint density at radius 2 is 2.13 bits per heavy atom. The van der Waals surface area contributed by atoms with E-state index in [-0.39, 0.29) is 5.91 Å². The molecule has 5 nitrogen and oxygen atoms in total. The van der Waals surface area contributed by atoms with Crippen LogP contribution in [-0.2, 0) is 17.8 Å². The minimum Gasteiger partial charge on any atom is -0.493 e. The molecule has 0 N–H and O–H groups in total. The van der Waals surface area contributed by atoms with E-state index in [1.165, 1.54) is 11.3 Å². The maximum atomic E-state index is 13.2. The Bertz CT molecular complexity index is 967.